The number of sulfonamides is 1. The molecule has 1 heterocycles. The number of rotatable bonds is 4. The summed E-state index contributed by atoms with van der Waals surface area (Å²) in [6.45, 7) is 0.344. The van der Waals surface area contributed by atoms with Crippen LogP contribution >= 0.6 is 0 Å². The molecule has 0 aromatic carbocycles. The van der Waals surface area contributed by atoms with Crippen molar-refractivity contribution in [3.05, 3.63) is 0 Å². The van der Waals surface area contributed by atoms with E-state index in [-0.39, 0.29) is 6.42 Å². The van der Waals surface area contributed by atoms with E-state index in [1.54, 1.807) is 0 Å². The molecule has 0 radical (unpaired) electrons. The van der Waals surface area contributed by atoms with Crippen LogP contribution in [0, 0.1) is 0 Å². The number of hydrogen-bond acceptors (Lipinski definition) is 5. The lowest BCUT2D eigenvalue weighted by atomic mass is 10.1. The maximum Gasteiger partial charge on any atom is 0.313 e. The summed E-state index contributed by atoms with van der Waals surface area (Å²) >= 11 is 0. The van der Waals surface area contributed by atoms with E-state index in [0.717, 1.165) is 10.6 Å². The molecule has 7 heteroatoms. The van der Waals surface area contributed by atoms with Crippen LogP contribution < -0.4 is 0 Å². The Kier molecular flexibility index (Phi) is 4.03. The monoisotopic (exact) mass is 249 g/mol. The number of methoxy groups -OCH3 is 1. The molecular formula is C9H15NO5S. The highest BCUT2D eigenvalue weighted by atomic mass is 32.2. The Hall–Kier alpha value is -0.950. The Morgan fingerprint density at radius 1 is 1.44 bits per heavy atom. The molecule has 0 aliphatic carbocycles. The van der Waals surface area contributed by atoms with Crippen molar-refractivity contribution in [2.75, 3.05) is 19.9 Å². The fourth-order valence-electron chi connectivity index (χ4n) is 1.79. The summed E-state index contributed by atoms with van der Waals surface area (Å²) in [6.07, 6.45) is 1.82. The van der Waals surface area contributed by atoms with Gasteiger partial charge in [-0.25, -0.2) is 8.42 Å². The highest BCUT2D eigenvalue weighted by Crippen LogP contribution is 2.21. The fraction of sp³-hybridized carbons (Fsp3) is 0.778. The van der Waals surface area contributed by atoms with Gasteiger partial charge >= 0.3 is 5.97 Å². The second-order valence-corrected chi connectivity index (χ2v) is 5.69. The molecular weight excluding hydrogens is 234 g/mol. The van der Waals surface area contributed by atoms with Crippen molar-refractivity contribution in [1.82, 2.24) is 4.31 Å². The number of carbonyl (C=O) groups is 2. The van der Waals surface area contributed by atoms with Crippen LogP contribution in [0.4, 0.5) is 0 Å². The second kappa shape index (κ2) is 4.92. The van der Waals surface area contributed by atoms with Crippen LogP contribution in [-0.4, -0.2) is 50.4 Å². The van der Waals surface area contributed by atoms with Crippen molar-refractivity contribution in [2.45, 2.75) is 25.3 Å². The summed E-state index contributed by atoms with van der Waals surface area (Å²) < 4.78 is 28.2. The third-order valence-corrected chi connectivity index (χ3v) is 3.84. The average Bonchev–Trinajstić information content (AvgIpc) is 2.65. The van der Waals surface area contributed by atoms with Gasteiger partial charge in [0, 0.05) is 6.54 Å². The van der Waals surface area contributed by atoms with Crippen LogP contribution in [0.5, 0.6) is 0 Å². The molecule has 6 nitrogen and oxygen atoms in total. The Labute approximate surface area is 94.6 Å². The zero-order valence-electron chi connectivity index (χ0n) is 9.30. The minimum Gasteiger partial charge on any atom is -0.469 e. The van der Waals surface area contributed by atoms with E-state index >= 15 is 0 Å². The number of carbonyl (C=O) groups excluding carboxylic acids is 2. The normalized spacial score (nSPS) is 22.0. The number of ether oxygens (including phenoxy) is 1. The fourth-order valence-corrected chi connectivity index (χ4v) is 2.94. The van der Waals surface area contributed by atoms with Crippen LogP contribution in [-0.2, 0) is 24.3 Å². The molecule has 0 N–H and O–H groups in total. The van der Waals surface area contributed by atoms with Crippen molar-refractivity contribution in [2.24, 2.45) is 0 Å². The van der Waals surface area contributed by atoms with Crippen LogP contribution in [0.1, 0.15) is 19.3 Å². The molecule has 0 saturated carbocycles. The third kappa shape index (κ3) is 3.02. The zero-order chi connectivity index (χ0) is 12.3. The highest BCUT2D eigenvalue weighted by Gasteiger charge is 2.36. The van der Waals surface area contributed by atoms with Gasteiger partial charge in [-0.15, -0.1) is 0 Å². The van der Waals surface area contributed by atoms with Gasteiger partial charge in [0.25, 0.3) is 0 Å². The van der Waals surface area contributed by atoms with E-state index in [4.69, 9.17) is 0 Å². The van der Waals surface area contributed by atoms with Crippen molar-refractivity contribution >= 4 is 21.8 Å². The Bertz CT molecular complexity index is 389. The van der Waals surface area contributed by atoms with Gasteiger partial charge in [-0.2, -0.15) is 4.31 Å². The second-order valence-electron chi connectivity index (χ2n) is 3.75. The molecule has 1 saturated heterocycles. The van der Waals surface area contributed by atoms with Gasteiger partial charge in [0.1, 0.15) is 6.42 Å². The lowest BCUT2D eigenvalue weighted by Gasteiger charge is -2.20. The number of hydrogen-bond donors (Lipinski definition) is 0. The number of Topliss-reactive ketones (excluding diaryl/α,β-unsaturated/α-hetero) is 1. The van der Waals surface area contributed by atoms with Gasteiger partial charge in [0.2, 0.25) is 10.0 Å². The molecule has 0 bridgehead atoms. The molecule has 0 spiro atoms. The lowest BCUT2D eigenvalue weighted by molar-refractivity contribution is -0.144. The molecule has 0 aromatic heterocycles. The third-order valence-electron chi connectivity index (χ3n) is 2.55. The Morgan fingerprint density at radius 3 is 2.56 bits per heavy atom. The predicted molar refractivity (Wildman–Crippen MR) is 56.2 cm³/mol. The predicted octanol–water partition coefficient (Wildman–Crippen LogP) is -0.457. The highest BCUT2D eigenvalue weighted by molar-refractivity contribution is 7.88. The molecule has 1 fully saturated rings. The molecule has 1 aliphatic rings. The summed E-state index contributed by atoms with van der Waals surface area (Å²) in [5, 5.41) is 0. The van der Waals surface area contributed by atoms with Crippen molar-refractivity contribution in [3.63, 3.8) is 0 Å². The standard InChI is InChI=1S/C9H15NO5S/c1-15-9(12)6-8(11)7-4-3-5-10(7)16(2,13)14/h7H,3-6H2,1-2H3. The van der Waals surface area contributed by atoms with Crippen molar-refractivity contribution in [1.29, 1.82) is 0 Å². The first-order valence-corrected chi connectivity index (χ1v) is 6.77. The van der Waals surface area contributed by atoms with Crippen LogP contribution in [0.15, 0.2) is 0 Å². The van der Waals surface area contributed by atoms with Crippen LogP contribution in [0.3, 0.4) is 0 Å². The molecule has 1 atom stereocenters. The van der Waals surface area contributed by atoms with Gasteiger partial charge in [-0.3, -0.25) is 9.59 Å². The van der Waals surface area contributed by atoms with E-state index in [1.165, 1.54) is 7.11 Å². The first-order chi connectivity index (χ1) is 7.36. The SMILES string of the molecule is COC(=O)CC(=O)C1CCCN1S(C)(=O)=O. The number of nitrogens with zero attached hydrogens (tertiary/aromatic N) is 1. The Balaban J connectivity index is 2.72. The van der Waals surface area contributed by atoms with E-state index in [9.17, 15) is 18.0 Å². The Morgan fingerprint density at radius 2 is 2.06 bits per heavy atom. The van der Waals surface area contributed by atoms with E-state index in [2.05, 4.69) is 4.74 Å². The molecule has 16 heavy (non-hydrogen) atoms. The summed E-state index contributed by atoms with van der Waals surface area (Å²) in [7, 11) is -2.19. The first kappa shape index (κ1) is 13.1. The summed E-state index contributed by atoms with van der Waals surface area (Å²) in [5.74, 6) is -1.03. The van der Waals surface area contributed by atoms with E-state index in [0.29, 0.717) is 19.4 Å². The quantitative estimate of drug-likeness (QED) is 0.497. The van der Waals surface area contributed by atoms with Crippen LogP contribution in [0.25, 0.3) is 0 Å². The molecule has 92 valence electrons. The summed E-state index contributed by atoms with van der Waals surface area (Å²) in [5.41, 5.74) is 0. The average molecular weight is 249 g/mol. The largest absolute Gasteiger partial charge is 0.469 e. The van der Waals surface area contributed by atoms with Gasteiger partial charge in [-0.05, 0) is 12.8 Å². The number of ketones is 1. The smallest absolute Gasteiger partial charge is 0.313 e. The van der Waals surface area contributed by atoms with E-state index < -0.39 is 27.8 Å². The van der Waals surface area contributed by atoms with Gasteiger partial charge in [-0.1, -0.05) is 0 Å². The van der Waals surface area contributed by atoms with Gasteiger partial charge in [0.15, 0.2) is 5.78 Å². The van der Waals surface area contributed by atoms with Gasteiger partial charge in [0.05, 0.1) is 19.4 Å². The van der Waals surface area contributed by atoms with Gasteiger partial charge < -0.3 is 4.74 Å². The topological polar surface area (TPSA) is 80.8 Å². The maximum atomic E-state index is 11.7. The van der Waals surface area contributed by atoms with E-state index in [1.807, 2.05) is 0 Å². The van der Waals surface area contributed by atoms with Crippen molar-refractivity contribution in [3.8, 4) is 0 Å². The molecule has 1 aliphatic heterocycles. The van der Waals surface area contributed by atoms with Crippen molar-refractivity contribution < 1.29 is 22.7 Å². The zero-order valence-corrected chi connectivity index (χ0v) is 10.1. The molecule has 0 amide bonds. The minimum absolute atomic E-state index is 0.344. The molecule has 1 unspecified atom stereocenters. The summed E-state index contributed by atoms with van der Waals surface area (Å²) in [6, 6.07) is -0.700. The van der Waals surface area contributed by atoms with Crippen LogP contribution in [0.2, 0.25) is 0 Å². The minimum atomic E-state index is -3.38. The summed E-state index contributed by atoms with van der Waals surface area (Å²) in [4.78, 5) is 22.6. The number of esters is 1. The maximum absolute atomic E-state index is 11.7. The molecule has 0 aromatic rings. The lowest BCUT2D eigenvalue weighted by Crippen LogP contribution is -2.40. The molecule has 1 rings (SSSR count). The first-order valence-electron chi connectivity index (χ1n) is 4.92.